The van der Waals surface area contributed by atoms with E-state index in [2.05, 4.69) is 40.3 Å². The lowest BCUT2D eigenvalue weighted by molar-refractivity contribution is -0.126. The van der Waals surface area contributed by atoms with Crippen molar-refractivity contribution in [2.75, 3.05) is 18.0 Å². The molecule has 1 saturated heterocycles. The molecule has 1 aliphatic heterocycles. The van der Waals surface area contributed by atoms with Crippen molar-refractivity contribution in [3.8, 4) is 11.1 Å². The minimum Gasteiger partial charge on any atom is -0.353 e. The van der Waals surface area contributed by atoms with Gasteiger partial charge < -0.3 is 10.2 Å². The Labute approximate surface area is 192 Å². The van der Waals surface area contributed by atoms with Gasteiger partial charge in [0.1, 0.15) is 4.70 Å². The van der Waals surface area contributed by atoms with Crippen LogP contribution in [-0.4, -0.2) is 35.0 Å². The summed E-state index contributed by atoms with van der Waals surface area (Å²) >= 11 is 1.44. The molecule has 5 rings (SSSR count). The number of aryl methyl sites for hydroxylation is 1. The Bertz CT molecular complexity index is 1170. The molecule has 3 aromatic rings. The third-order valence-corrected chi connectivity index (χ3v) is 7.83. The zero-order chi connectivity index (χ0) is 22.1. The smallest absolute Gasteiger partial charge is 0.270 e. The summed E-state index contributed by atoms with van der Waals surface area (Å²) < 4.78 is 0.659. The normalized spacial score (nSPS) is 18.2. The number of thiophene rings is 1. The summed E-state index contributed by atoms with van der Waals surface area (Å²) in [6, 6.07) is 8.64. The molecule has 2 N–H and O–H groups in total. The van der Waals surface area contributed by atoms with Crippen molar-refractivity contribution < 1.29 is 4.79 Å². The van der Waals surface area contributed by atoms with Gasteiger partial charge in [0.2, 0.25) is 11.9 Å². The van der Waals surface area contributed by atoms with Crippen LogP contribution in [0.2, 0.25) is 0 Å². The summed E-state index contributed by atoms with van der Waals surface area (Å²) in [5.41, 5.74) is 3.93. The minimum atomic E-state index is -0.0916. The van der Waals surface area contributed by atoms with Crippen molar-refractivity contribution in [3.63, 3.8) is 0 Å². The lowest BCUT2D eigenvalue weighted by atomic mass is 9.92. The van der Waals surface area contributed by atoms with E-state index in [9.17, 15) is 9.59 Å². The van der Waals surface area contributed by atoms with E-state index in [1.165, 1.54) is 36.2 Å². The molecule has 0 bridgehead atoms. The number of hydrogen-bond acceptors (Lipinski definition) is 5. The van der Waals surface area contributed by atoms with Gasteiger partial charge in [0.15, 0.2) is 0 Å². The van der Waals surface area contributed by atoms with E-state index in [-0.39, 0.29) is 17.4 Å². The van der Waals surface area contributed by atoms with Crippen molar-refractivity contribution in [1.82, 2.24) is 15.3 Å². The predicted octanol–water partition coefficient (Wildman–Crippen LogP) is 4.63. The number of H-pyrrole nitrogens is 1. The minimum absolute atomic E-state index is 0.0487. The highest BCUT2D eigenvalue weighted by molar-refractivity contribution is 7.17. The summed E-state index contributed by atoms with van der Waals surface area (Å²) in [5, 5.41) is 5.29. The lowest BCUT2D eigenvalue weighted by Gasteiger charge is -2.33. The maximum atomic E-state index is 12.8. The van der Waals surface area contributed by atoms with Gasteiger partial charge in [-0.05, 0) is 38.2 Å². The topological polar surface area (TPSA) is 78.1 Å². The second-order valence-corrected chi connectivity index (χ2v) is 10.1. The standard InChI is InChI=1S/C25H30N4O2S/c1-16-6-5-7-18(14-16)20-15-32-22-21(20)27-25(28-24(22)31)29-12-10-17(11-13-29)23(30)26-19-8-3-2-4-9-19/h5-7,14-15,17,19H,2-4,8-13H2,1H3,(H,26,30)(H,27,28,31). The van der Waals surface area contributed by atoms with Crippen LogP contribution in [0.3, 0.4) is 0 Å². The molecule has 0 atom stereocenters. The molecule has 7 heteroatoms. The Kier molecular flexibility index (Phi) is 6.00. The number of nitrogens with one attached hydrogen (secondary N) is 2. The Hall–Kier alpha value is -2.67. The van der Waals surface area contributed by atoms with Gasteiger partial charge in [-0.1, -0.05) is 49.1 Å². The van der Waals surface area contributed by atoms with Crippen LogP contribution in [0.25, 0.3) is 21.3 Å². The summed E-state index contributed by atoms with van der Waals surface area (Å²) in [5.74, 6) is 0.863. The summed E-state index contributed by atoms with van der Waals surface area (Å²) in [6.45, 7) is 3.51. The molecule has 0 spiro atoms. The number of rotatable bonds is 4. The Morgan fingerprint density at radius 2 is 1.94 bits per heavy atom. The van der Waals surface area contributed by atoms with Gasteiger partial charge in [-0.25, -0.2) is 4.98 Å². The number of nitrogens with zero attached hydrogens (tertiary/aromatic N) is 2. The van der Waals surface area contributed by atoms with Crippen LogP contribution < -0.4 is 15.8 Å². The largest absolute Gasteiger partial charge is 0.353 e. The Morgan fingerprint density at radius 1 is 1.16 bits per heavy atom. The second kappa shape index (κ2) is 9.06. The fourth-order valence-electron chi connectivity index (χ4n) is 5.00. The molecule has 2 aliphatic rings. The molecule has 0 radical (unpaired) electrons. The van der Waals surface area contributed by atoms with E-state index >= 15 is 0 Å². The molecule has 1 aliphatic carbocycles. The fraction of sp³-hybridized carbons (Fsp3) is 0.480. The van der Waals surface area contributed by atoms with Gasteiger partial charge in [0.05, 0.1) is 5.52 Å². The van der Waals surface area contributed by atoms with E-state index in [1.807, 2.05) is 11.4 Å². The number of carbonyl (C=O) groups is 1. The lowest BCUT2D eigenvalue weighted by Crippen LogP contribution is -2.45. The first-order valence-corrected chi connectivity index (χ1v) is 12.6. The zero-order valence-corrected chi connectivity index (χ0v) is 19.3. The molecule has 0 unspecified atom stereocenters. The maximum Gasteiger partial charge on any atom is 0.270 e. The molecule has 2 aromatic heterocycles. The third-order valence-electron chi connectivity index (χ3n) is 6.86. The highest BCUT2D eigenvalue weighted by Gasteiger charge is 2.28. The summed E-state index contributed by atoms with van der Waals surface area (Å²) in [7, 11) is 0. The summed E-state index contributed by atoms with van der Waals surface area (Å²) in [4.78, 5) is 35.5. The number of anilines is 1. The van der Waals surface area contributed by atoms with Crippen molar-refractivity contribution in [2.24, 2.45) is 5.92 Å². The molecule has 1 aromatic carbocycles. The number of benzene rings is 1. The number of aromatic nitrogens is 2. The van der Waals surface area contributed by atoms with Crippen LogP contribution in [0.5, 0.6) is 0 Å². The van der Waals surface area contributed by atoms with Crippen LogP contribution in [0.1, 0.15) is 50.5 Å². The van der Waals surface area contributed by atoms with Crippen molar-refractivity contribution >= 4 is 33.4 Å². The van der Waals surface area contributed by atoms with Gasteiger partial charge in [-0.2, -0.15) is 0 Å². The third kappa shape index (κ3) is 4.31. The van der Waals surface area contributed by atoms with Crippen molar-refractivity contribution in [1.29, 1.82) is 0 Å². The summed E-state index contributed by atoms with van der Waals surface area (Å²) in [6.07, 6.45) is 7.52. The quantitative estimate of drug-likeness (QED) is 0.608. The number of amides is 1. The van der Waals surface area contributed by atoms with Gasteiger partial charge in [-0.3, -0.25) is 14.6 Å². The number of fused-ring (bicyclic) bond motifs is 1. The zero-order valence-electron chi connectivity index (χ0n) is 18.5. The number of aromatic amines is 1. The molecule has 32 heavy (non-hydrogen) atoms. The van der Waals surface area contributed by atoms with E-state index in [1.54, 1.807) is 0 Å². The van der Waals surface area contributed by atoms with Crippen molar-refractivity contribution in [3.05, 3.63) is 45.6 Å². The SMILES string of the molecule is Cc1cccc(-c2csc3c(=O)[nH]c(N4CCC(C(=O)NC5CCCCC5)CC4)nc23)c1. The number of piperidine rings is 1. The average Bonchev–Trinajstić information content (AvgIpc) is 3.24. The first kappa shape index (κ1) is 21.2. The maximum absolute atomic E-state index is 12.8. The number of carbonyl (C=O) groups excluding carboxylic acids is 1. The molecular weight excluding hydrogens is 420 g/mol. The molecule has 168 valence electrons. The van der Waals surface area contributed by atoms with Crippen LogP contribution in [-0.2, 0) is 4.79 Å². The monoisotopic (exact) mass is 450 g/mol. The van der Waals surface area contributed by atoms with Crippen LogP contribution in [0.15, 0.2) is 34.4 Å². The molecule has 6 nitrogen and oxygen atoms in total. The second-order valence-electron chi connectivity index (χ2n) is 9.19. The molecule has 1 amide bonds. The van der Waals surface area contributed by atoms with E-state index in [4.69, 9.17) is 4.98 Å². The van der Waals surface area contributed by atoms with Gasteiger partial charge >= 0.3 is 0 Å². The Morgan fingerprint density at radius 3 is 2.69 bits per heavy atom. The first-order valence-electron chi connectivity index (χ1n) is 11.7. The molecule has 3 heterocycles. The molecular formula is C25H30N4O2S. The highest BCUT2D eigenvalue weighted by atomic mass is 32.1. The van der Waals surface area contributed by atoms with Crippen molar-refractivity contribution in [2.45, 2.75) is 57.9 Å². The molecule has 2 fully saturated rings. The van der Waals surface area contributed by atoms with E-state index in [0.29, 0.717) is 16.7 Å². The fourth-order valence-corrected chi connectivity index (χ4v) is 5.91. The molecule has 1 saturated carbocycles. The predicted molar refractivity (Wildman–Crippen MR) is 130 cm³/mol. The first-order chi connectivity index (χ1) is 15.6. The van der Waals surface area contributed by atoms with Gasteiger partial charge in [-0.15, -0.1) is 11.3 Å². The van der Waals surface area contributed by atoms with E-state index < -0.39 is 0 Å². The average molecular weight is 451 g/mol. The highest BCUT2D eigenvalue weighted by Crippen LogP contribution is 2.32. The van der Waals surface area contributed by atoms with Gasteiger partial charge in [0, 0.05) is 36.0 Å². The number of hydrogen-bond donors (Lipinski definition) is 2. The Balaban J connectivity index is 1.32. The van der Waals surface area contributed by atoms with Crippen LogP contribution >= 0.6 is 11.3 Å². The van der Waals surface area contributed by atoms with Crippen LogP contribution in [0.4, 0.5) is 5.95 Å². The van der Waals surface area contributed by atoms with E-state index in [0.717, 1.165) is 55.4 Å². The van der Waals surface area contributed by atoms with Gasteiger partial charge in [0.25, 0.3) is 5.56 Å². The van der Waals surface area contributed by atoms with Crippen LogP contribution in [0, 0.1) is 12.8 Å².